The van der Waals surface area contributed by atoms with Crippen LogP contribution in [0.25, 0.3) is 0 Å². The van der Waals surface area contributed by atoms with Crippen LogP contribution in [0.3, 0.4) is 0 Å². The van der Waals surface area contributed by atoms with Gasteiger partial charge in [-0.25, -0.2) is 9.59 Å². The van der Waals surface area contributed by atoms with E-state index >= 15 is 0 Å². The first-order valence-corrected chi connectivity index (χ1v) is 9.98. The minimum absolute atomic E-state index is 0.207. The van der Waals surface area contributed by atoms with E-state index in [-0.39, 0.29) is 11.5 Å². The van der Waals surface area contributed by atoms with Crippen molar-refractivity contribution in [3.05, 3.63) is 54.1 Å². The van der Waals surface area contributed by atoms with Crippen molar-refractivity contribution in [1.29, 1.82) is 0 Å². The Labute approximate surface area is 178 Å². The van der Waals surface area contributed by atoms with E-state index in [4.69, 9.17) is 10.5 Å². The van der Waals surface area contributed by atoms with Crippen LogP contribution in [0.2, 0.25) is 0 Å². The third kappa shape index (κ3) is 3.81. The van der Waals surface area contributed by atoms with E-state index in [0.717, 1.165) is 12.8 Å². The van der Waals surface area contributed by atoms with Gasteiger partial charge in [0.05, 0.1) is 16.9 Å². The van der Waals surface area contributed by atoms with Crippen molar-refractivity contribution >= 4 is 40.9 Å². The fraction of sp³-hybridized carbons (Fsp3) is 0.273. The molecule has 1 spiro atoms. The van der Waals surface area contributed by atoms with Crippen molar-refractivity contribution in [2.45, 2.75) is 31.2 Å². The third-order valence-electron chi connectivity index (χ3n) is 5.64. The highest BCUT2D eigenvalue weighted by atomic mass is 16.5. The number of primary amides is 1. The van der Waals surface area contributed by atoms with Gasteiger partial charge in [0.2, 0.25) is 0 Å². The van der Waals surface area contributed by atoms with Crippen LogP contribution >= 0.6 is 0 Å². The second kappa shape index (κ2) is 8.10. The molecule has 31 heavy (non-hydrogen) atoms. The van der Waals surface area contributed by atoms with Gasteiger partial charge in [0, 0.05) is 5.69 Å². The number of rotatable bonds is 4. The van der Waals surface area contributed by atoms with Crippen LogP contribution < -0.4 is 21.3 Å². The number of esters is 1. The van der Waals surface area contributed by atoms with Gasteiger partial charge in [-0.15, -0.1) is 0 Å². The molecule has 1 fully saturated rings. The van der Waals surface area contributed by atoms with Crippen LogP contribution in [0, 0.1) is 0 Å². The Morgan fingerprint density at radius 2 is 1.74 bits per heavy atom. The molecular weight excluding hydrogens is 400 g/mol. The van der Waals surface area contributed by atoms with E-state index in [9.17, 15) is 19.2 Å². The second-order valence-electron chi connectivity index (χ2n) is 7.58. The Balaban J connectivity index is 1.51. The van der Waals surface area contributed by atoms with Crippen LogP contribution in [-0.2, 0) is 14.3 Å². The molecule has 2 aromatic rings. The summed E-state index contributed by atoms with van der Waals surface area (Å²) in [6.07, 6.45) is 2.79. The van der Waals surface area contributed by atoms with Gasteiger partial charge in [-0.1, -0.05) is 25.0 Å². The maximum Gasteiger partial charge on any atom is 0.338 e. The molecule has 0 radical (unpaired) electrons. The van der Waals surface area contributed by atoms with Gasteiger partial charge >= 0.3 is 12.0 Å². The van der Waals surface area contributed by atoms with Crippen molar-refractivity contribution < 1.29 is 23.9 Å². The monoisotopic (exact) mass is 422 g/mol. The van der Waals surface area contributed by atoms with Crippen LogP contribution in [0.1, 0.15) is 36.0 Å². The van der Waals surface area contributed by atoms with Crippen molar-refractivity contribution in [2.75, 3.05) is 22.1 Å². The molecule has 0 atom stereocenters. The van der Waals surface area contributed by atoms with E-state index in [0.29, 0.717) is 29.9 Å². The molecular formula is C22H22N4O5. The van der Waals surface area contributed by atoms with Crippen LogP contribution in [0.4, 0.5) is 21.9 Å². The summed E-state index contributed by atoms with van der Waals surface area (Å²) >= 11 is 0. The number of nitrogens with zero attached hydrogens (tertiary/aromatic N) is 1. The number of amides is 4. The van der Waals surface area contributed by atoms with Gasteiger partial charge < -0.3 is 21.1 Å². The average Bonchev–Trinajstić information content (AvgIpc) is 3.23. The van der Waals surface area contributed by atoms with Crippen molar-refractivity contribution in [3.8, 4) is 0 Å². The standard InChI is InChI=1S/C22H22N4O5/c23-21(30)24-15-9-7-14(8-10-15)19(28)31-13-18(27)26-17-6-2-1-5-16(17)25-20(29)22(26)11-3-4-12-22/h1-2,5-10H,3-4,11-13H2,(H,25,29)(H3,23,24,30). The number of carbonyl (C=O) groups excluding carboxylic acids is 4. The number of nitrogens with one attached hydrogen (secondary N) is 2. The summed E-state index contributed by atoms with van der Waals surface area (Å²) in [6, 6.07) is 12.3. The Kier molecular flexibility index (Phi) is 5.33. The van der Waals surface area contributed by atoms with Crippen molar-refractivity contribution in [1.82, 2.24) is 0 Å². The molecule has 1 aliphatic carbocycles. The first-order valence-electron chi connectivity index (χ1n) is 9.98. The summed E-state index contributed by atoms with van der Waals surface area (Å²) in [5.74, 6) is -1.35. The topological polar surface area (TPSA) is 131 Å². The average molecular weight is 422 g/mol. The lowest BCUT2D eigenvalue weighted by atomic mass is 9.90. The van der Waals surface area contributed by atoms with E-state index in [1.807, 2.05) is 0 Å². The number of carbonyl (C=O) groups is 4. The fourth-order valence-corrected chi connectivity index (χ4v) is 4.24. The molecule has 2 aliphatic rings. The first-order chi connectivity index (χ1) is 14.9. The molecule has 0 bridgehead atoms. The molecule has 4 N–H and O–H groups in total. The molecule has 160 valence electrons. The van der Waals surface area contributed by atoms with Gasteiger partial charge in [-0.05, 0) is 49.2 Å². The number of anilines is 3. The smallest absolute Gasteiger partial charge is 0.338 e. The number of para-hydroxylation sites is 2. The normalized spacial score (nSPS) is 16.4. The highest BCUT2D eigenvalue weighted by Gasteiger charge is 2.52. The first kappa shape index (κ1) is 20.4. The molecule has 9 heteroatoms. The Hall–Kier alpha value is -3.88. The zero-order valence-electron chi connectivity index (χ0n) is 16.7. The molecule has 4 amide bonds. The zero-order chi connectivity index (χ0) is 22.0. The maximum absolute atomic E-state index is 13.2. The lowest BCUT2D eigenvalue weighted by Gasteiger charge is -2.44. The molecule has 0 aromatic heterocycles. The molecule has 9 nitrogen and oxygen atoms in total. The van der Waals surface area contributed by atoms with E-state index in [1.165, 1.54) is 29.2 Å². The summed E-state index contributed by atoms with van der Waals surface area (Å²) in [5.41, 5.74) is 5.91. The summed E-state index contributed by atoms with van der Waals surface area (Å²) in [5, 5.41) is 5.30. The molecule has 2 aromatic carbocycles. The number of urea groups is 1. The molecule has 1 aliphatic heterocycles. The number of hydrogen-bond donors (Lipinski definition) is 3. The Bertz CT molecular complexity index is 1040. The van der Waals surface area contributed by atoms with Crippen LogP contribution in [0.5, 0.6) is 0 Å². The number of nitrogens with two attached hydrogens (primary N) is 1. The van der Waals surface area contributed by atoms with Crippen LogP contribution in [-0.4, -0.2) is 36.0 Å². The van der Waals surface area contributed by atoms with Crippen LogP contribution in [0.15, 0.2) is 48.5 Å². The second-order valence-corrected chi connectivity index (χ2v) is 7.58. The van der Waals surface area contributed by atoms with Gasteiger partial charge in [0.25, 0.3) is 11.8 Å². The largest absolute Gasteiger partial charge is 0.452 e. The number of fused-ring (bicyclic) bond motifs is 1. The summed E-state index contributed by atoms with van der Waals surface area (Å²) < 4.78 is 5.24. The minimum Gasteiger partial charge on any atom is -0.452 e. The van der Waals surface area contributed by atoms with Crippen molar-refractivity contribution in [2.24, 2.45) is 5.73 Å². The Morgan fingerprint density at radius 3 is 2.42 bits per heavy atom. The quantitative estimate of drug-likeness (QED) is 0.652. The van der Waals surface area contributed by atoms with Gasteiger partial charge in [0.1, 0.15) is 5.54 Å². The molecule has 0 unspecified atom stereocenters. The molecule has 0 saturated heterocycles. The summed E-state index contributed by atoms with van der Waals surface area (Å²) in [4.78, 5) is 50.9. The van der Waals surface area contributed by atoms with E-state index < -0.39 is 30.1 Å². The predicted molar refractivity (Wildman–Crippen MR) is 114 cm³/mol. The van der Waals surface area contributed by atoms with E-state index in [2.05, 4.69) is 10.6 Å². The highest BCUT2D eigenvalue weighted by Crippen LogP contribution is 2.45. The van der Waals surface area contributed by atoms with Gasteiger partial charge in [-0.3, -0.25) is 14.5 Å². The minimum atomic E-state index is -0.958. The zero-order valence-corrected chi connectivity index (χ0v) is 16.7. The third-order valence-corrected chi connectivity index (χ3v) is 5.64. The van der Waals surface area contributed by atoms with E-state index in [1.54, 1.807) is 24.3 Å². The number of hydrogen-bond acceptors (Lipinski definition) is 5. The van der Waals surface area contributed by atoms with Gasteiger partial charge in [-0.2, -0.15) is 0 Å². The summed E-state index contributed by atoms with van der Waals surface area (Å²) in [6.45, 7) is -0.497. The highest BCUT2D eigenvalue weighted by molar-refractivity contribution is 6.15. The number of benzene rings is 2. The Morgan fingerprint density at radius 1 is 1.06 bits per heavy atom. The lowest BCUT2D eigenvalue weighted by Crippen LogP contribution is -2.61. The maximum atomic E-state index is 13.2. The SMILES string of the molecule is NC(=O)Nc1ccc(C(=O)OCC(=O)N2c3ccccc3NC(=O)C23CCCC3)cc1. The molecule has 4 rings (SSSR count). The lowest BCUT2D eigenvalue weighted by molar-refractivity contribution is -0.129. The predicted octanol–water partition coefficient (Wildman–Crippen LogP) is 2.63. The fourth-order valence-electron chi connectivity index (χ4n) is 4.24. The number of ether oxygens (including phenoxy) is 1. The van der Waals surface area contributed by atoms with Crippen molar-refractivity contribution in [3.63, 3.8) is 0 Å². The molecule has 1 heterocycles. The summed E-state index contributed by atoms with van der Waals surface area (Å²) in [7, 11) is 0. The van der Waals surface area contributed by atoms with Gasteiger partial charge in [0.15, 0.2) is 6.61 Å². The molecule has 1 saturated carbocycles.